The molecule has 8 nitrogen and oxygen atoms in total. The maximum atomic E-state index is 13.8. The number of carbonyl (C=O) groups excluding carboxylic acids is 1. The topological polar surface area (TPSA) is 79.8 Å². The highest BCUT2D eigenvalue weighted by molar-refractivity contribution is 9.10. The molecule has 2 aliphatic rings. The number of fused-ring (bicyclic) bond motifs is 1. The van der Waals surface area contributed by atoms with Gasteiger partial charge in [0.1, 0.15) is 17.4 Å². The summed E-state index contributed by atoms with van der Waals surface area (Å²) in [5.74, 6) is 0.640. The number of ether oxygens (including phenoxy) is 2. The summed E-state index contributed by atoms with van der Waals surface area (Å²) in [6, 6.07) is 10.3. The fraction of sp³-hybridized carbons (Fsp3) is 0.348. The molecule has 0 radical (unpaired) electrons. The fourth-order valence-corrected chi connectivity index (χ4v) is 4.44. The predicted octanol–water partition coefficient (Wildman–Crippen LogP) is 3.59. The molecule has 1 atom stereocenters. The average Bonchev–Trinajstić information content (AvgIpc) is 3.17. The standard InChI is InChI=1S/C23H23BrFN5O3/c1-32-21-5-4-19-22(28-21)20(6-7-27-19)29-11-14(12-29)9-26-10-16-13-30(23(31)33-16)15-2-3-17(24)18(25)8-15/h2-8,14,16,26H,9-13H2,1H3/t16-/m1/s1. The second-order valence-corrected chi connectivity index (χ2v) is 9.05. The Hall–Kier alpha value is -2.98. The van der Waals surface area contributed by atoms with Gasteiger partial charge in [-0.05, 0) is 46.3 Å². The van der Waals surface area contributed by atoms with Gasteiger partial charge >= 0.3 is 6.09 Å². The largest absolute Gasteiger partial charge is 0.481 e. The molecule has 33 heavy (non-hydrogen) atoms. The lowest BCUT2D eigenvalue weighted by atomic mass is 9.99. The number of hydrogen-bond acceptors (Lipinski definition) is 7. The number of hydrogen-bond donors (Lipinski definition) is 1. The number of nitrogens with one attached hydrogen (secondary N) is 1. The molecule has 4 heterocycles. The highest BCUT2D eigenvalue weighted by atomic mass is 79.9. The van der Waals surface area contributed by atoms with Gasteiger partial charge in [-0.2, -0.15) is 0 Å². The monoisotopic (exact) mass is 515 g/mol. The second-order valence-electron chi connectivity index (χ2n) is 8.20. The maximum Gasteiger partial charge on any atom is 0.414 e. The number of amides is 1. The Balaban J connectivity index is 1.12. The molecule has 3 aromatic rings. The van der Waals surface area contributed by atoms with E-state index in [0.717, 1.165) is 36.4 Å². The van der Waals surface area contributed by atoms with Crippen molar-refractivity contribution in [2.75, 3.05) is 49.6 Å². The van der Waals surface area contributed by atoms with Gasteiger partial charge in [0.15, 0.2) is 0 Å². The molecule has 172 valence electrons. The molecule has 10 heteroatoms. The van der Waals surface area contributed by atoms with Crippen LogP contribution in [-0.4, -0.2) is 62.0 Å². The van der Waals surface area contributed by atoms with Gasteiger partial charge < -0.3 is 19.7 Å². The van der Waals surface area contributed by atoms with Crippen LogP contribution in [0.4, 0.5) is 20.6 Å². The van der Waals surface area contributed by atoms with Gasteiger partial charge in [-0.3, -0.25) is 9.88 Å². The van der Waals surface area contributed by atoms with Crippen molar-refractivity contribution < 1.29 is 18.7 Å². The number of rotatable bonds is 7. The fourth-order valence-electron chi connectivity index (χ4n) is 4.20. The lowest BCUT2D eigenvalue weighted by Crippen LogP contribution is -2.51. The van der Waals surface area contributed by atoms with Crippen molar-refractivity contribution in [1.82, 2.24) is 15.3 Å². The first-order valence-corrected chi connectivity index (χ1v) is 11.5. The molecular weight excluding hydrogens is 493 g/mol. The van der Waals surface area contributed by atoms with E-state index in [9.17, 15) is 9.18 Å². The van der Waals surface area contributed by atoms with Crippen LogP contribution < -0.4 is 19.9 Å². The Morgan fingerprint density at radius 2 is 2.06 bits per heavy atom. The maximum absolute atomic E-state index is 13.8. The second kappa shape index (κ2) is 9.11. The molecular formula is C23H23BrFN5O3. The summed E-state index contributed by atoms with van der Waals surface area (Å²) in [5, 5.41) is 3.41. The van der Waals surface area contributed by atoms with Crippen molar-refractivity contribution >= 4 is 44.4 Å². The first kappa shape index (κ1) is 21.8. The Morgan fingerprint density at radius 3 is 2.85 bits per heavy atom. The van der Waals surface area contributed by atoms with Gasteiger partial charge in [-0.15, -0.1) is 0 Å². The number of carbonyl (C=O) groups is 1. The number of nitrogens with zero attached hydrogens (tertiary/aromatic N) is 4. The van der Waals surface area contributed by atoms with E-state index < -0.39 is 11.9 Å². The van der Waals surface area contributed by atoms with E-state index in [0.29, 0.717) is 35.0 Å². The van der Waals surface area contributed by atoms with E-state index >= 15 is 0 Å². The summed E-state index contributed by atoms with van der Waals surface area (Å²) in [5.41, 5.74) is 3.23. The van der Waals surface area contributed by atoms with Crippen LogP contribution in [0.5, 0.6) is 5.88 Å². The number of halogens is 2. The van der Waals surface area contributed by atoms with E-state index in [1.807, 2.05) is 18.2 Å². The highest BCUT2D eigenvalue weighted by Crippen LogP contribution is 2.31. The van der Waals surface area contributed by atoms with Crippen molar-refractivity contribution in [1.29, 1.82) is 0 Å². The molecule has 0 spiro atoms. The van der Waals surface area contributed by atoms with Crippen LogP contribution in [0.2, 0.25) is 0 Å². The van der Waals surface area contributed by atoms with Gasteiger partial charge in [-0.1, -0.05) is 0 Å². The van der Waals surface area contributed by atoms with Gasteiger partial charge in [0.25, 0.3) is 0 Å². The van der Waals surface area contributed by atoms with Crippen LogP contribution in [0.1, 0.15) is 0 Å². The summed E-state index contributed by atoms with van der Waals surface area (Å²) in [6.07, 6.45) is 1.07. The van der Waals surface area contributed by atoms with Gasteiger partial charge in [0.2, 0.25) is 5.88 Å². The van der Waals surface area contributed by atoms with E-state index in [2.05, 4.69) is 36.1 Å². The molecule has 1 aromatic carbocycles. The zero-order valence-corrected chi connectivity index (χ0v) is 19.6. The van der Waals surface area contributed by atoms with Gasteiger partial charge in [-0.25, -0.2) is 14.2 Å². The quantitative estimate of drug-likeness (QED) is 0.514. The molecule has 0 saturated carbocycles. The molecule has 2 fully saturated rings. The molecule has 1 amide bonds. The molecule has 0 aliphatic carbocycles. The number of methoxy groups -OCH3 is 1. The number of benzene rings is 1. The van der Waals surface area contributed by atoms with E-state index in [1.165, 1.54) is 11.0 Å². The minimum absolute atomic E-state index is 0.277. The Labute approximate surface area is 198 Å². The first-order chi connectivity index (χ1) is 16.0. The van der Waals surface area contributed by atoms with Crippen LogP contribution in [0.15, 0.2) is 47.1 Å². The number of aromatic nitrogens is 2. The lowest BCUT2D eigenvalue weighted by molar-refractivity contribution is 0.139. The van der Waals surface area contributed by atoms with Crippen LogP contribution in [0, 0.1) is 11.7 Å². The predicted molar refractivity (Wildman–Crippen MR) is 126 cm³/mol. The molecule has 2 aliphatic heterocycles. The Bertz CT molecular complexity index is 1190. The van der Waals surface area contributed by atoms with Crippen LogP contribution in [0.25, 0.3) is 11.0 Å². The van der Waals surface area contributed by atoms with Crippen molar-refractivity contribution in [2.24, 2.45) is 5.92 Å². The van der Waals surface area contributed by atoms with Crippen LogP contribution in [-0.2, 0) is 4.74 Å². The zero-order valence-electron chi connectivity index (χ0n) is 18.0. The molecule has 2 saturated heterocycles. The summed E-state index contributed by atoms with van der Waals surface area (Å²) in [4.78, 5) is 24.9. The number of cyclic esters (lactones) is 1. The van der Waals surface area contributed by atoms with Gasteiger partial charge in [0, 0.05) is 44.4 Å². The van der Waals surface area contributed by atoms with E-state index in [4.69, 9.17) is 9.47 Å². The normalized spacial score (nSPS) is 18.5. The molecule has 2 aromatic heterocycles. The number of pyridine rings is 2. The molecule has 5 rings (SSSR count). The minimum Gasteiger partial charge on any atom is -0.481 e. The van der Waals surface area contributed by atoms with Crippen molar-refractivity contribution in [3.8, 4) is 5.88 Å². The SMILES string of the molecule is COc1ccc2nccc(N3CC(CNC[C@@H]4CN(c5ccc(Br)c(F)c5)C(=O)O4)C3)c2n1. The Morgan fingerprint density at radius 1 is 1.21 bits per heavy atom. The van der Waals surface area contributed by atoms with Gasteiger partial charge in [0.05, 0.1) is 35.0 Å². The Kier molecular flexibility index (Phi) is 6.03. The average molecular weight is 516 g/mol. The first-order valence-electron chi connectivity index (χ1n) is 10.7. The van der Waals surface area contributed by atoms with Crippen LogP contribution in [0.3, 0.4) is 0 Å². The van der Waals surface area contributed by atoms with E-state index in [1.54, 1.807) is 25.4 Å². The highest BCUT2D eigenvalue weighted by Gasteiger charge is 2.33. The summed E-state index contributed by atoms with van der Waals surface area (Å²) in [6.45, 7) is 3.56. The third kappa shape index (κ3) is 4.45. The van der Waals surface area contributed by atoms with Crippen molar-refractivity contribution in [3.63, 3.8) is 0 Å². The summed E-state index contributed by atoms with van der Waals surface area (Å²) >= 11 is 3.13. The zero-order chi connectivity index (χ0) is 22.9. The molecule has 1 N–H and O–H groups in total. The summed E-state index contributed by atoms with van der Waals surface area (Å²) in [7, 11) is 1.60. The smallest absolute Gasteiger partial charge is 0.414 e. The minimum atomic E-state index is -0.453. The third-order valence-corrected chi connectivity index (χ3v) is 6.58. The lowest BCUT2D eigenvalue weighted by Gasteiger charge is -2.41. The summed E-state index contributed by atoms with van der Waals surface area (Å²) < 4.78 is 24.9. The molecule has 0 bridgehead atoms. The van der Waals surface area contributed by atoms with Crippen molar-refractivity contribution in [2.45, 2.75) is 6.10 Å². The van der Waals surface area contributed by atoms with Crippen molar-refractivity contribution in [3.05, 3.63) is 52.9 Å². The number of anilines is 2. The van der Waals surface area contributed by atoms with E-state index in [-0.39, 0.29) is 6.10 Å². The molecule has 0 unspecified atom stereocenters. The third-order valence-electron chi connectivity index (χ3n) is 5.94. The van der Waals surface area contributed by atoms with Crippen LogP contribution >= 0.6 is 15.9 Å².